The van der Waals surface area contributed by atoms with Crippen LogP contribution in [-0.2, 0) is 6.54 Å². The molecule has 0 spiro atoms. The van der Waals surface area contributed by atoms with Gasteiger partial charge in [-0.3, -0.25) is 0 Å². The lowest BCUT2D eigenvalue weighted by Gasteiger charge is -2.35. The molecule has 0 amide bonds. The summed E-state index contributed by atoms with van der Waals surface area (Å²) in [5, 5.41) is 22.3. The Bertz CT molecular complexity index is 432. The minimum atomic E-state index is -1.06. The van der Waals surface area contributed by atoms with Crippen molar-refractivity contribution in [2.45, 2.75) is 44.8 Å². The number of hydrogen-bond acceptors (Lipinski definition) is 4. The maximum atomic E-state index is 10.7. The molecular weight excluding hydrogens is 246 g/mol. The van der Waals surface area contributed by atoms with Crippen LogP contribution in [0.4, 0.5) is 0 Å². The van der Waals surface area contributed by atoms with E-state index in [1.54, 1.807) is 6.07 Å². The van der Waals surface area contributed by atoms with E-state index in [4.69, 9.17) is 9.52 Å². The van der Waals surface area contributed by atoms with Gasteiger partial charge in [0, 0.05) is 6.54 Å². The van der Waals surface area contributed by atoms with Crippen molar-refractivity contribution in [2.24, 2.45) is 5.92 Å². The predicted octanol–water partition coefficient (Wildman–Crippen LogP) is 2.01. The number of aliphatic hydroxyl groups is 1. The van der Waals surface area contributed by atoms with Gasteiger partial charge >= 0.3 is 5.97 Å². The topological polar surface area (TPSA) is 82.7 Å². The molecule has 0 saturated heterocycles. The summed E-state index contributed by atoms with van der Waals surface area (Å²) in [4.78, 5) is 10.7. The number of nitrogens with one attached hydrogen (secondary N) is 1. The van der Waals surface area contributed by atoms with Gasteiger partial charge < -0.3 is 19.9 Å². The molecule has 1 heterocycles. The molecule has 0 radical (unpaired) electrons. The third kappa shape index (κ3) is 3.81. The highest BCUT2D eigenvalue weighted by molar-refractivity contribution is 5.84. The van der Waals surface area contributed by atoms with Crippen LogP contribution >= 0.6 is 0 Å². The Morgan fingerprint density at radius 1 is 1.47 bits per heavy atom. The number of carboxylic acid groups (broad SMARTS) is 1. The zero-order valence-corrected chi connectivity index (χ0v) is 11.2. The van der Waals surface area contributed by atoms with Crippen LogP contribution in [0.15, 0.2) is 16.5 Å². The Kier molecular flexibility index (Phi) is 4.27. The average Bonchev–Trinajstić information content (AvgIpc) is 2.82. The van der Waals surface area contributed by atoms with Gasteiger partial charge in [0.1, 0.15) is 5.76 Å². The van der Waals surface area contributed by atoms with Crippen molar-refractivity contribution in [3.8, 4) is 0 Å². The zero-order chi connectivity index (χ0) is 13.9. The van der Waals surface area contributed by atoms with Crippen molar-refractivity contribution in [3.63, 3.8) is 0 Å². The Morgan fingerprint density at radius 3 is 2.74 bits per heavy atom. The minimum absolute atomic E-state index is 0.0537. The standard InChI is InChI=1S/C14H21NO4/c1-10-4-6-14(18,7-5-10)9-15-8-11-2-3-12(19-11)13(16)17/h2-3,10,15,18H,4-9H2,1H3,(H,16,17). The second kappa shape index (κ2) is 5.75. The van der Waals surface area contributed by atoms with Crippen molar-refractivity contribution < 1.29 is 19.4 Å². The van der Waals surface area contributed by atoms with E-state index in [0.717, 1.165) is 25.7 Å². The number of aromatic carboxylic acids is 1. The third-order valence-corrected chi connectivity index (χ3v) is 3.83. The van der Waals surface area contributed by atoms with Crippen molar-refractivity contribution in [1.82, 2.24) is 5.32 Å². The predicted molar refractivity (Wildman–Crippen MR) is 70.0 cm³/mol. The lowest BCUT2D eigenvalue weighted by atomic mass is 9.79. The van der Waals surface area contributed by atoms with Crippen molar-refractivity contribution in [2.75, 3.05) is 6.54 Å². The first-order chi connectivity index (χ1) is 8.98. The van der Waals surface area contributed by atoms with E-state index in [1.165, 1.54) is 6.07 Å². The fraction of sp³-hybridized carbons (Fsp3) is 0.643. The third-order valence-electron chi connectivity index (χ3n) is 3.83. The average molecular weight is 267 g/mol. The second-order valence-electron chi connectivity index (χ2n) is 5.58. The first-order valence-electron chi connectivity index (χ1n) is 6.74. The molecule has 1 fully saturated rings. The first kappa shape index (κ1) is 14.1. The molecule has 3 N–H and O–H groups in total. The molecule has 0 bridgehead atoms. The van der Waals surface area contributed by atoms with Crippen molar-refractivity contribution in [3.05, 3.63) is 23.7 Å². The summed E-state index contributed by atoms with van der Waals surface area (Å²) in [6.07, 6.45) is 3.75. The Balaban J connectivity index is 1.78. The summed E-state index contributed by atoms with van der Waals surface area (Å²) in [6.45, 7) is 3.16. The molecule has 19 heavy (non-hydrogen) atoms. The van der Waals surface area contributed by atoms with Crippen LogP contribution in [0.1, 0.15) is 48.9 Å². The highest BCUT2D eigenvalue weighted by Gasteiger charge is 2.31. The Labute approximate surface area is 112 Å². The number of furan rings is 1. The molecule has 1 aliphatic carbocycles. The molecule has 1 aromatic rings. The van der Waals surface area contributed by atoms with Crippen LogP contribution in [0.2, 0.25) is 0 Å². The Hall–Kier alpha value is -1.33. The highest BCUT2D eigenvalue weighted by Crippen LogP contribution is 2.31. The number of rotatable bonds is 5. The molecular formula is C14H21NO4. The molecule has 5 nitrogen and oxygen atoms in total. The van der Waals surface area contributed by atoms with Crippen molar-refractivity contribution in [1.29, 1.82) is 0 Å². The maximum Gasteiger partial charge on any atom is 0.371 e. The van der Waals surface area contributed by atoms with Crippen LogP contribution in [0.5, 0.6) is 0 Å². The molecule has 1 aromatic heterocycles. The van der Waals surface area contributed by atoms with Crippen LogP contribution < -0.4 is 5.32 Å². The maximum absolute atomic E-state index is 10.7. The SMILES string of the molecule is CC1CCC(O)(CNCc2ccc(C(=O)O)o2)CC1. The lowest BCUT2D eigenvalue weighted by Crippen LogP contribution is -2.43. The van der Waals surface area contributed by atoms with Gasteiger partial charge in [0.15, 0.2) is 0 Å². The van der Waals surface area contributed by atoms with Crippen LogP contribution in [0.25, 0.3) is 0 Å². The molecule has 1 saturated carbocycles. The van der Waals surface area contributed by atoms with E-state index < -0.39 is 11.6 Å². The highest BCUT2D eigenvalue weighted by atomic mass is 16.4. The molecule has 0 aliphatic heterocycles. The van der Waals surface area contributed by atoms with E-state index in [-0.39, 0.29) is 5.76 Å². The second-order valence-corrected chi connectivity index (χ2v) is 5.58. The molecule has 5 heteroatoms. The number of carbonyl (C=O) groups is 1. The van der Waals surface area contributed by atoms with Gasteiger partial charge in [-0.05, 0) is 43.7 Å². The molecule has 1 aliphatic rings. The van der Waals surface area contributed by atoms with Crippen LogP contribution in [-0.4, -0.2) is 28.3 Å². The zero-order valence-electron chi connectivity index (χ0n) is 11.2. The molecule has 106 valence electrons. The molecule has 0 unspecified atom stereocenters. The summed E-state index contributed by atoms with van der Waals surface area (Å²) in [7, 11) is 0. The van der Waals surface area contributed by atoms with Gasteiger partial charge in [-0.2, -0.15) is 0 Å². The summed E-state index contributed by atoms with van der Waals surface area (Å²) >= 11 is 0. The Morgan fingerprint density at radius 2 is 2.16 bits per heavy atom. The monoisotopic (exact) mass is 267 g/mol. The van der Waals surface area contributed by atoms with Crippen LogP contribution in [0, 0.1) is 5.92 Å². The molecule has 2 rings (SSSR count). The van der Waals surface area contributed by atoms with Gasteiger partial charge in [-0.1, -0.05) is 6.92 Å². The van der Waals surface area contributed by atoms with E-state index in [0.29, 0.717) is 24.8 Å². The van der Waals surface area contributed by atoms with Crippen molar-refractivity contribution >= 4 is 5.97 Å². The van der Waals surface area contributed by atoms with E-state index >= 15 is 0 Å². The van der Waals surface area contributed by atoms with E-state index in [9.17, 15) is 9.90 Å². The minimum Gasteiger partial charge on any atom is -0.475 e. The summed E-state index contributed by atoms with van der Waals surface area (Å²) < 4.78 is 5.14. The molecule has 0 aromatic carbocycles. The fourth-order valence-electron chi connectivity index (χ4n) is 2.48. The van der Waals surface area contributed by atoms with Gasteiger partial charge in [-0.25, -0.2) is 4.79 Å². The largest absolute Gasteiger partial charge is 0.475 e. The summed E-state index contributed by atoms with van der Waals surface area (Å²) in [6, 6.07) is 3.08. The normalized spacial score (nSPS) is 27.4. The fourth-order valence-corrected chi connectivity index (χ4v) is 2.48. The van der Waals surface area contributed by atoms with Gasteiger partial charge in [0.05, 0.1) is 12.1 Å². The summed E-state index contributed by atoms with van der Waals surface area (Å²) in [5.74, 6) is 0.154. The van der Waals surface area contributed by atoms with E-state index in [1.807, 2.05) is 0 Å². The number of carboxylic acids is 1. The summed E-state index contributed by atoms with van der Waals surface area (Å²) in [5.41, 5.74) is -0.630. The van der Waals surface area contributed by atoms with Crippen LogP contribution in [0.3, 0.4) is 0 Å². The van der Waals surface area contributed by atoms with Gasteiger partial charge in [0.25, 0.3) is 0 Å². The first-order valence-corrected chi connectivity index (χ1v) is 6.74. The quantitative estimate of drug-likeness (QED) is 0.760. The molecule has 0 atom stereocenters. The van der Waals surface area contributed by atoms with E-state index in [2.05, 4.69) is 12.2 Å². The van der Waals surface area contributed by atoms with Gasteiger partial charge in [0.2, 0.25) is 5.76 Å². The lowest BCUT2D eigenvalue weighted by molar-refractivity contribution is -0.00660. The smallest absolute Gasteiger partial charge is 0.371 e. The number of hydrogen-bond donors (Lipinski definition) is 3. The van der Waals surface area contributed by atoms with Gasteiger partial charge in [-0.15, -0.1) is 0 Å².